The van der Waals surface area contributed by atoms with Crippen molar-refractivity contribution in [2.45, 2.75) is 58.3 Å². The van der Waals surface area contributed by atoms with Crippen molar-refractivity contribution in [3.63, 3.8) is 0 Å². The van der Waals surface area contributed by atoms with Crippen molar-refractivity contribution in [3.8, 4) is 22.3 Å². The maximum atomic E-state index is 13.4. The van der Waals surface area contributed by atoms with Gasteiger partial charge in [-0.1, -0.05) is 115 Å². The molecule has 0 unspecified atom stereocenters. The maximum absolute atomic E-state index is 13.4. The third-order valence-electron chi connectivity index (χ3n) is 14.2. The van der Waals surface area contributed by atoms with Crippen molar-refractivity contribution >= 4 is 137 Å². The van der Waals surface area contributed by atoms with E-state index in [0.717, 1.165) is 89.7 Å². The van der Waals surface area contributed by atoms with Gasteiger partial charge in [0.2, 0.25) is 0 Å². The van der Waals surface area contributed by atoms with Gasteiger partial charge in [0.1, 0.15) is 30.2 Å². The van der Waals surface area contributed by atoms with E-state index in [1.54, 1.807) is 49.4 Å². The number of fused-ring (bicyclic) bond motifs is 5. The molecule has 1 saturated carbocycles. The molecule has 13 rings (SSSR count). The van der Waals surface area contributed by atoms with Crippen LogP contribution in [0, 0.1) is 32.4 Å². The van der Waals surface area contributed by atoms with Crippen molar-refractivity contribution < 1.29 is 84.6 Å². The molecule has 1 aliphatic carbocycles. The Morgan fingerprint density at radius 3 is 1.37 bits per heavy atom. The molecule has 0 atom stereocenters. The fourth-order valence-corrected chi connectivity index (χ4v) is 15.2. The van der Waals surface area contributed by atoms with Crippen LogP contribution >= 0.6 is 56.7 Å². The van der Waals surface area contributed by atoms with Crippen LogP contribution in [0.2, 0.25) is 0 Å². The van der Waals surface area contributed by atoms with Crippen molar-refractivity contribution in [2.75, 3.05) is 0 Å². The first-order valence-corrected chi connectivity index (χ1v) is 30.6. The van der Waals surface area contributed by atoms with Crippen LogP contribution in [0.1, 0.15) is 107 Å². The molecule has 7 aromatic carbocycles. The number of carbonyl (C=O) groups is 5. The van der Waals surface area contributed by atoms with Crippen LogP contribution < -0.4 is 0 Å². The summed E-state index contributed by atoms with van der Waals surface area (Å²) in [5.74, 6) is -6.64. The first kappa shape index (κ1) is 64.6. The Kier molecular flexibility index (Phi) is 19.2. The van der Waals surface area contributed by atoms with Crippen molar-refractivity contribution in [2.24, 2.45) is 0 Å². The summed E-state index contributed by atoms with van der Waals surface area (Å²) >= 11 is 4.79. The molecule has 1 fully saturated rings. The lowest BCUT2D eigenvalue weighted by atomic mass is 9.79. The molecule has 0 saturated heterocycles. The van der Waals surface area contributed by atoms with Gasteiger partial charge >= 0.3 is 42.2 Å². The fraction of sp³-hybridized carbons (Fsp3) is 0.136. The topological polar surface area (TPSA) is 186 Å². The molecule has 23 heteroatoms. The summed E-state index contributed by atoms with van der Waals surface area (Å²) in [4.78, 5) is 54.2. The first-order chi connectivity index (χ1) is 42.1. The van der Waals surface area contributed by atoms with Crippen molar-refractivity contribution in [1.29, 1.82) is 0 Å². The standard InChI is InChI=1S/C16H9F3O2S.C16H12O2S.C13H11FO2S.C11H7F3O2S.C10H7FO2S/c17-16(18,19)13-11-7-6-10(9-4-2-1-3-5-9)8-12(11)22-14(13)15(20)21;1-10-13-9-12(11-5-3-2-4-6-11)7-8-14(13)19-15(10)16(17)18;14-8-4-5-9-10(6-8)17-12(13(15)16)11(9)7-2-1-3-7;1-5-2-3-7-6(4-5)8(11(12,13)14)9(17-7)10(15)16;1-5-2-3-6-7(4-5)14-9(8(6)11)10(12)13/h1-8H,(H,20,21);2-9H,1H3,(H,17,18);4-7H,1-3H2,(H,15,16);2-4H,1H3,(H,15,16);2-4H,1H3,(H,12,13). The minimum Gasteiger partial charge on any atom is -0.477 e. The molecule has 5 N–H and O–H groups in total. The number of aromatic carboxylic acids is 5. The van der Waals surface area contributed by atoms with Crippen molar-refractivity contribution in [3.05, 3.63) is 221 Å². The van der Waals surface area contributed by atoms with E-state index in [0.29, 0.717) is 63.4 Å². The summed E-state index contributed by atoms with van der Waals surface area (Å²) in [6, 6.07) is 44.2. The average molecular weight is 1310 g/mol. The van der Waals surface area contributed by atoms with Crippen LogP contribution in [-0.2, 0) is 12.4 Å². The quantitative estimate of drug-likeness (QED) is 0.0917. The van der Waals surface area contributed by atoms with Gasteiger partial charge in [-0.05, 0) is 138 Å². The monoisotopic (exact) mass is 1310 g/mol. The molecule has 1 aliphatic rings. The molecule has 5 aromatic heterocycles. The number of halogens is 8. The third kappa shape index (κ3) is 14.2. The summed E-state index contributed by atoms with van der Waals surface area (Å²) < 4.78 is 108. The average Bonchev–Trinajstić information content (AvgIpc) is 1.69. The highest BCUT2D eigenvalue weighted by Gasteiger charge is 2.40. The van der Waals surface area contributed by atoms with E-state index < -0.39 is 68.9 Å². The van der Waals surface area contributed by atoms with E-state index in [1.165, 1.54) is 53.0 Å². The van der Waals surface area contributed by atoms with Gasteiger partial charge in [-0.15, -0.1) is 56.7 Å². The number of hydrogen-bond acceptors (Lipinski definition) is 10. The SMILES string of the molecule is Cc1c(C(=O)O)sc2ccc(-c3ccccc3)cc12.Cc1ccc2c(F)c(C(=O)O)sc2c1.Cc1ccc2sc(C(=O)O)c(C(F)(F)F)c2c1.O=C(O)c1sc2cc(-c3ccccc3)ccc2c1C(F)(F)F.O=C(O)c1sc2cc(F)ccc2c1C1CCC1. The third-order valence-corrected chi connectivity index (χ3v) is 20.0. The smallest absolute Gasteiger partial charge is 0.418 e. The molecule has 456 valence electrons. The normalized spacial score (nSPS) is 12.3. The second kappa shape index (κ2) is 26.5. The predicted octanol–water partition coefficient (Wildman–Crippen LogP) is 20.8. The number of thiophene rings is 5. The molecular weight excluding hydrogens is 1270 g/mol. The molecule has 0 aliphatic heterocycles. The molecular formula is C66H46F8O10S5. The Bertz CT molecular complexity index is 4690. The summed E-state index contributed by atoms with van der Waals surface area (Å²) in [5.41, 5.74) is 5.19. The zero-order chi connectivity index (χ0) is 64.4. The Morgan fingerprint density at radius 2 is 0.820 bits per heavy atom. The summed E-state index contributed by atoms with van der Waals surface area (Å²) in [6.07, 6.45) is -6.10. The maximum Gasteiger partial charge on any atom is 0.418 e. The number of aryl methyl sites for hydroxylation is 3. The Labute approximate surface area is 520 Å². The molecule has 0 radical (unpaired) electrons. The van der Waals surface area contributed by atoms with Crippen LogP contribution in [0.5, 0.6) is 0 Å². The molecule has 0 spiro atoms. The van der Waals surface area contributed by atoms with Crippen LogP contribution in [-0.4, -0.2) is 55.4 Å². The number of carboxylic acid groups (broad SMARTS) is 5. The lowest BCUT2D eigenvalue weighted by Gasteiger charge is -2.25. The van der Waals surface area contributed by atoms with E-state index in [2.05, 4.69) is 18.2 Å². The number of alkyl halides is 6. The van der Waals surface area contributed by atoms with Gasteiger partial charge in [0.15, 0.2) is 5.82 Å². The summed E-state index contributed by atoms with van der Waals surface area (Å²) in [7, 11) is 0. The Morgan fingerprint density at radius 1 is 0.393 bits per heavy atom. The van der Waals surface area contributed by atoms with Gasteiger partial charge in [0, 0.05) is 39.7 Å². The van der Waals surface area contributed by atoms with Gasteiger partial charge in [0.25, 0.3) is 0 Å². The highest BCUT2D eigenvalue weighted by Crippen LogP contribution is 2.47. The van der Waals surface area contributed by atoms with Gasteiger partial charge in [0.05, 0.1) is 11.1 Å². The van der Waals surface area contributed by atoms with E-state index >= 15 is 0 Å². The predicted molar refractivity (Wildman–Crippen MR) is 336 cm³/mol. The Hall–Kier alpha value is -8.87. The first-order valence-electron chi connectivity index (χ1n) is 26.6. The van der Waals surface area contributed by atoms with E-state index in [4.69, 9.17) is 20.4 Å². The fourth-order valence-electron chi connectivity index (χ4n) is 9.88. The molecule has 89 heavy (non-hydrogen) atoms. The van der Waals surface area contributed by atoms with Gasteiger partial charge < -0.3 is 25.5 Å². The van der Waals surface area contributed by atoms with Crippen molar-refractivity contribution in [1.82, 2.24) is 0 Å². The van der Waals surface area contributed by atoms with Crippen LogP contribution in [0.4, 0.5) is 35.1 Å². The highest BCUT2D eigenvalue weighted by molar-refractivity contribution is 7.22. The summed E-state index contributed by atoms with van der Waals surface area (Å²) in [6.45, 7) is 5.42. The molecule has 0 bridgehead atoms. The minimum absolute atomic E-state index is 0.0418. The second-order valence-electron chi connectivity index (χ2n) is 20.2. The molecule has 12 aromatic rings. The lowest BCUT2D eigenvalue weighted by molar-refractivity contribution is -0.137. The highest BCUT2D eigenvalue weighted by atomic mass is 32.1. The van der Waals surface area contributed by atoms with Crippen LogP contribution in [0.3, 0.4) is 0 Å². The van der Waals surface area contributed by atoms with Gasteiger partial charge in [-0.2, -0.15) is 26.3 Å². The summed E-state index contributed by atoms with van der Waals surface area (Å²) in [5, 5.41) is 47.1. The van der Waals surface area contributed by atoms with E-state index in [1.807, 2.05) is 74.5 Å². The van der Waals surface area contributed by atoms with E-state index in [-0.39, 0.29) is 21.5 Å². The molecule has 5 heterocycles. The van der Waals surface area contributed by atoms with Gasteiger partial charge in [-0.25, -0.2) is 32.8 Å². The molecule has 0 amide bonds. The second-order valence-corrected chi connectivity index (χ2v) is 25.5. The molecule has 10 nitrogen and oxygen atoms in total. The van der Waals surface area contributed by atoms with Crippen LogP contribution in [0.15, 0.2) is 152 Å². The zero-order valence-electron chi connectivity index (χ0n) is 46.5. The Balaban J connectivity index is 0.000000133. The zero-order valence-corrected chi connectivity index (χ0v) is 50.6. The number of hydrogen-bond donors (Lipinski definition) is 5. The lowest BCUT2D eigenvalue weighted by Crippen LogP contribution is -2.11. The van der Waals surface area contributed by atoms with Crippen LogP contribution in [0.25, 0.3) is 72.7 Å². The minimum atomic E-state index is -4.69. The largest absolute Gasteiger partial charge is 0.477 e. The van der Waals surface area contributed by atoms with E-state index in [9.17, 15) is 64.2 Å². The number of benzene rings is 7. The van der Waals surface area contributed by atoms with Gasteiger partial charge in [-0.3, -0.25) is 0 Å². The number of rotatable bonds is 8. The number of carboxylic acids is 5.